The summed E-state index contributed by atoms with van der Waals surface area (Å²) in [5.74, 6) is 0.799. The monoisotopic (exact) mass is 317 g/mol. The number of nitrogens with one attached hydrogen (secondary N) is 1. The number of benzene rings is 2. The fraction of sp³-hybridized carbons (Fsp3) is 0.176. The van der Waals surface area contributed by atoms with Gasteiger partial charge < -0.3 is 4.74 Å². The Morgan fingerprint density at radius 1 is 1.05 bits per heavy atom. The summed E-state index contributed by atoms with van der Waals surface area (Å²) in [4.78, 5) is 0.257. The van der Waals surface area contributed by atoms with Crippen LogP contribution in [0, 0.1) is 6.92 Å². The van der Waals surface area contributed by atoms with Crippen molar-refractivity contribution in [3.63, 3.8) is 0 Å². The van der Waals surface area contributed by atoms with Crippen molar-refractivity contribution in [3.8, 4) is 5.75 Å². The summed E-state index contributed by atoms with van der Waals surface area (Å²) in [5, 5.41) is 0. The van der Waals surface area contributed by atoms with Gasteiger partial charge in [-0.1, -0.05) is 35.9 Å². The number of methoxy groups -OCH3 is 1. The van der Waals surface area contributed by atoms with Crippen LogP contribution in [-0.2, 0) is 16.4 Å². The molecule has 0 amide bonds. The molecule has 0 atom stereocenters. The summed E-state index contributed by atoms with van der Waals surface area (Å²) in [6.45, 7) is 1.92. The maximum atomic E-state index is 12.1. The van der Waals surface area contributed by atoms with E-state index < -0.39 is 10.0 Å². The fourth-order valence-electron chi connectivity index (χ4n) is 1.88. The van der Waals surface area contributed by atoms with Gasteiger partial charge in [0.05, 0.1) is 12.0 Å². The molecule has 116 valence electrons. The SMILES string of the molecule is COc1ccc(C/C=C/NS(=O)(=O)c2ccc(C)cc2)cc1. The molecule has 0 bridgehead atoms. The third-order valence-corrected chi connectivity index (χ3v) is 4.52. The van der Waals surface area contributed by atoms with Crippen LogP contribution in [-0.4, -0.2) is 15.5 Å². The molecule has 2 aromatic rings. The maximum Gasteiger partial charge on any atom is 0.261 e. The molecule has 0 aliphatic rings. The Balaban J connectivity index is 1.94. The van der Waals surface area contributed by atoms with Crippen LogP contribution in [0.2, 0.25) is 0 Å². The highest BCUT2D eigenvalue weighted by atomic mass is 32.2. The van der Waals surface area contributed by atoms with Crippen molar-refractivity contribution < 1.29 is 13.2 Å². The van der Waals surface area contributed by atoms with Gasteiger partial charge in [-0.2, -0.15) is 0 Å². The summed E-state index contributed by atoms with van der Waals surface area (Å²) in [7, 11) is -1.88. The molecule has 0 aliphatic carbocycles. The van der Waals surface area contributed by atoms with Crippen molar-refractivity contribution in [2.75, 3.05) is 7.11 Å². The first kappa shape index (κ1) is 16.1. The Hall–Kier alpha value is -2.27. The van der Waals surface area contributed by atoms with Gasteiger partial charge in [-0.15, -0.1) is 0 Å². The first-order valence-electron chi connectivity index (χ1n) is 6.88. The van der Waals surface area contributed by atoms with Crippen LogP contribution in [0.15, 0.2) is 65.7 Å². The summed E-state index contributed by atoms with van der Waals surface area (Å²) >= 11 is 0. The molecular weight excluding hydrogens is 298 g/mol. The van der Waals surface area contributed by atoms with E-state index in [4.69, 9.17) is 4.74 Å². The van der Waals surface area contributed by atoms with Gasteiger partial charge >= 0.3 is 0 Å². The number of sulfonamides is 1. The van der Waals surface area contributed by atoms with E-state index in [9.17, 15) is 8.42 Å². The van der Waals surface area contributed by atoms with Gasteiger partial charge in [0.25, 0.3) is 10.0 Å². The number of ether oxygens (including phenoxy) is 1. The number of aryl methyl sites for hydroxylation is 1. The van der Waals surface area contributed by atoms with Gasteiger partial charge in [0.2, 0.25) is 0 Å². The van der Waals surface area contributed by atoms with E-state index in [0.717, 1.165) is 16.9 Å². The van der Waals surface area contributed by atoms with E-state index in [2.05, 4.69) is 4.72 Å². The molecule has 0 fully saturated rings. The molecule has 0 radical (unpaired) electrons. The van der Waals surface area contributed by atoms with E-state index in [1.165, 1.54) is 6.20 Å². The van der Waals surface area contributed by atoms with Crippen LogP contribution in [0.4, 0.5) is 0 Å². The second kappa shape index (κ2) is 7.13. The van der Waals surface area contributed by atoms with Crippen LogP contribution in [0.25, 0.3) is 0 Å². The third-order valence-electron chi connectivity index (χ3n) is 3.18. The summed E-state index contributed by atoms with van der Waals surface area (Å²) < 4.78 is 31.7. The van der Waals surface area contributed by atoms with E-state index in [1.807, 2.05) is 31.2 Å². The lowest BCUT2D eigenvalue weighted by Gasteiger charge is -2.04. The molecule has 4 nitrogen and oxygen atoms in total. The van der Waals surface area contributed by atoms with Crippen LogP contribution in [0.5, 0.6) is 5.75 Å². The zero-order valence-corrected chi connectivity index (χ0v) is 13.4. The standard InChI is InChI=1S/C17H19NO3S/c1-14-5-11-17(12-6-14)22(19,20)18-13-3-4-15-7-9-16(21-2)10-8-15/h3,5-13,18H,4H2,1-2H3/b13-3+. The predicted octanol–water partition coefficient (Wildman–Crippen LogP) is 3.04. The smallest absolute Gasteiger partial charge is 0.261 e. The maximum absolute atomic E-state index is 12.1. The van der Waals surface area contributed by atoms with Crippen molar-refractivity contribution in [2.45, 2.75) is 18.2 Å². The highest BCUT2D eigenvalue weighted by molar-refractivity contribution is 7.89. The second-order valence-corrected chi connectivity index (χ2v) is 6.60. The zero-order chi connectivity index (χ0) is 16.0. The first-order valence-corrected chi connectivity index (χ1v) is 8.36. The van der Waals surface area contributed by atoms with Crippen LogP contribution < -0.4 is 9.46 Å². The molecule has 2 aromatic carbocycles. The van der Waals surface area contributed by atoms with Gasteiger partial charge in [-0.3, -0.25) is 4.72 Å². The van der Waals surface area contributed by atoms with Crippen LogP contribution >= 0.6 is 0 Å². The molecule has 1 N–H and O–H groups in total. The molecular formula is C17H19NO3S. The average molecular weight is 317 g/mol. The third kappa shape index (κ3) is 4.36. The second-order valence-electron chi connectivity index (χ2n) is 4.89. The molecule has 0 aliphatic heterocycles. The van der Waals surface area contributed by atoms with Gasteiger partial charge in [0.1, 0.15) is 5.75 Å². The minimum atomic E-state index is -3.50. The minimum absolute atomic E-state index is 0.257. The van der Waals surface area contributed by atoms with E-state index in [1.54, 1.807) is 37.5 Å². The lowest BCUT2D eigenvalue weighted by atomic mass is 10.1. The molecule has 2 rings (SSSR count). The Morgan fingerprint density at radius 3 is 2.27 bits per heavy atom. The highest BCUT2D eigenvalue weighted by Gasteiger charge is 2.10. The summed E-state index contributed by atoms with van der Waals surface area (Å²) in [6, 6.07) is 14.4. The Morgan fingerprint density at radius 2 is 1.68 bits per heavy atom. The minimum Gasteiger partial charge on any atom is -0.497 e. The molecule has 0 spiro atoms. The van der Waals surface area contributed by atoms with Crippen molar-refractivity contribution in [1.82, 2.24) is 4.72 Å². The van der Waals surface area contributed by atoms with Crippen LogP contribution in [0.1, 0.15) is 11.1 Å². The first-order chi connectivity index (χ1) is 10.5. The molecule has 0 saturated carbocycles. The zero-order valence-electron chi connectivity index (χ0n) is 12.6. The largest absolute Gasteiger partial charge is 0.497 e. The van der Waals surface area contributed by atoms with Gasteiger partial charge in [0.15, 0.2) is 0 Å². The van der Waals surface area contributed by atoms with Gasteiger partial charge in [0, 0.05) is 6.20 Å². The normalized spacial score (nSPS) is 11.5. The predicted molar refractivity (Wildman–Crippen MR) is 87.3 cm³/mol. The van der Waals surface area contributed by atoms with Crippen molar-refractivity contribution >= 4 is 10.0 Å². The number of hydrogen-bond acceptors (Lipinski definition) is 3. The molecule has 22 heavy (non-hydrogen) atoms. The topological polar surface area (TPSA) is 55.4 Å². The van der Waals surface area contributed by atoms with E-state index in [0.29, 0.717) is 6.42 Å². The molecule has 5 heteroatoms. The Bertz CT molecular complexity index is 732. The highest BCUT2D eigenvalue weighted by Crippen LogP contribution is 2.12. The van der Waals surface area contributed by atoms with E-state index in [-0.39, 0.29) is 4.90 Å². The lowest BCUT2D eigenvalue weighted by Crippen LogP contribution is -2.17. The fourth-order valence-corrected chi connectivity index (χ4v) is 2.79. The lowest BCUT2D eigenvalue weighted by molar-refractivity contribution is 0.414. The number of hydrogen-bond donors (Lipinski definition) is 1. The Kier molecular flexibility index (Phi) is 5.22. The average Bonchev–Trinajstić information content (AvgIpc) is 2.52. The van der Waals surface area contributed by atoms with Crippen LogP contribution in [0.3, 0.4) is 0 Å². The quantitative estimate of drug-likeness (QED) is 0.891. The van der Waals surface area contributed by atoms with E-state index >= 15 is 0 Å². The molecule has 0 heterocycles. The van der Waals surface area contributed by atoms with Gasteiger partial charge in [-0.25, -0.2) is 8.42 Å². The van der Waals surface area contributed by atoms with Crippen molar-refractivity contribution in [1.29, 1.82) is 0 Å². The van der Waals surface area contributed by atoms with Gasteiger partial charge in [-0.05, 0) is 43.2 Å². The summed E-state index contributed by atoms with van der Waals surface area (Å²) in [6.07, 6.45) is 3.87. The molecule has 0 aromatic heterocycles. The molecule has 0 unspecified atom stereocenters. The number of allylic oxidation sites excluding steroid dienone is 1. The van der Waals surface area contributed by atoms with Crippen molar-refractivity contribution in [3.05, 3.63) is 71.9 Å². The van der Waals surface area contributed by atoms with Crippen molar-refractivity contribution in [2.24, 2.45) is 0 Å². The summed E-state index contributed by atoms with van der Waals surface area (Å²) in [5.41, 5.74) is 2.10. The Labute approximate surface area is 131 Å². The number of rotatable bonds is 6. The molecule has 0 saturated heterocycles.